The minimum Gasteiger partial charge on any atom is -0.496 e. The van der Waals surface area contributed by atoms with Crippen molar-refractivity contribution in [2.24, 2.45) is 0 Å². The molecule has 1 heterocycles. The molecule has 18 heavy (non-hydrogen) atoms. The Kier molecular flexibility index (Phi) is 3.57. The first kappa shape index (κ1) is 12.1. The molecular formula is C12H12N2O4. The summed E-state index contributed by atoms with van der Waals surface area (Å²) in [4.78, 5) is 14.5. The molecule has 94 valence electrons. The topological polar surface area (TPSA) is 85.5 Å². The molecule has 0 radical (unpaired) electrons. The second-order valence-electron chi connectivity index (χ2n) is 3.66. The minimum atomic E-state index is -0.998. The molecule has 0 unspecified atom stereocenters. The average molecular weight is 248 g/mol. The molecule has 0 saturated heterocycles. The maximum atomic E-state index is 10.5. The van der Waals surface area contributed by atoms with Gasteiger partial charge in [-0.1, -0.05) is 23.4 Å². The van der Waals surface area contributed by atoms with Gasteiger partial charge in [0, 0.05) is 12.0 Å². The average Bonchev–Trinajstić information content (AvgIpc) is 2.76. The number of carbonyl (C=O) groups is 1. The van der Waals surface area contributed by atoms with Gasteiger partial charge in [0.05, 0.1) is 7.11 Å². The van der Waals surface area contributed by atoms with Crippen LogP contribution in [-0.4, -0.2) is 28.3 Å². The Morgan fingerprint density at radius 3 is 2.94 bits per heavy atom. The molecule has 0 atom stereocenters. The summed E-state index contributed by atoms with van der Waals surface area (Å²) in [5.74, 6) is 0.285. The fourth-order valence-electron chi connectivity index (χ4n) is 1.58. The lowest BCUT2D eigenvalue weighted by molar-refractivity contribution is -0.136. The normalized spacial score (nSPS) is 10.3. The summed E-state index contributed by atoms with van der Waals surface area (Å²) in [5.41, 5.74) is 0.919. The molecule has 2 aromatic rings. The number of aromatic nitrogens is 2. The number of methoxy groups -OCH3 is 1. The quantitative estimate of drug-likeness (QED) is 0.858. The first-order valence-corrected chi connectivity index (χ1v) is 5.34. The highest BCUT2D eigenvalue weighted by Gasteiger charge is 2.12. The molecule has 0 aliphatic carbocycles. The van der Waals surface area contributed by atoms with Crippen molar-refractivity contribution in [2.45, 2.75) is 12.8 Å². The van der Waals surface area contributed by atoms with E-state index in [1.165, 1.54) is 0 Å². The maximum Gasteiger partial charge on any atom is 0.312 e. The summed E-state index contributed by atoms with van der Waals surface area (Å²) in [5, 5.41) is 12.3. The van der Waals surface area contributed by atoms with Crippen LogP contribution in [0.25, 0.3) is 0 Å². The number of aliphatic carboxylic acids is 1. The lowest BCUT2D eigenvalue weighted by Gasteiger charge is -2.04. The molecule has 1 N–H and O–H groups in total. The molecule has 0 aliphatic heterocycles. The van der Waals surface area contributed by atoms with Crippen LogP contribution in [0.1, 0.15) is 17.3 Å². The molecule has 1 aromatic carbocycles. The smallest absolute Gasteiger partial charge is 0.312 e. The van der Waals surface area contributed by atoms with Gasteiger partial charge >= 0.3 is 5.97 Å². The summed E-state index contributed by atoms with van der Waals surface area (Å²) in [6, 6.07) is 7.49. The van der Waals surface area contributed by atoms with Crippen LogP contribution in [-0.2, 0) is 17.6 Å². The molecule has 6 heteroatoms. The van der Waals surface area contributed by atoms with Crippen LogP contribution < -0.4 is 4.74 Å². The monoisotopic (exact) mass is 248 g/mol. The maximum absolute atomic E-state index is 10.5. The van der Waals surface area contributed by atoms with E-state index in [9.17, 15) is 4.79 Å². The van der Waals surface area contributed by atoms with E-state index in [-0.39, 0.29) is 12.3 Å². The van der Waals surface area contributed by atoms with E-state index in [1.54, 1.807) is 7.11 Å². The number of carboxylic acid groups (broad SMARTS) is 1. The van der Waals surface area contributed by atoms with Gasteiger partial charge in [-0.3, -0.25) is 4.79 Å². The van der Waals surface area contributed by atoms with E-state index in [2.05, 4.69) is 10.1 Å². The van der Waals surface area contributed by atoms with E-state index in [1.807, 2.05) is 24.3 Å². The van der Waals surface area contributed by atoms with Crippen molar-refractivity contribution in [3.8, 4) is 5.75 Å². The van der Waals surface area contributed by atoms with Crippen LogP contribution in [0, 0.1) is 0 Å². The number of nitrogens with zero attached hydrogens (tertiary/aromatic N) is 2. The van der Waals surface area contributed by atoms with Gasteiger partial charge in [0.1, 0.15) is 12.2 Å². The SMILES string of the molecule is COc1ccccc1Cc1noc(CC(=O)O)n1. The van der Waals surface area contributed by atoms with Crippen LogP contribution in [0.5, 0.6) is 5.75 Å². The Labute approximate surface area is 103 Å². The van der Waals surface area contributed by atoms with Crippen molar-refractivity contribution in [1.82, 2.24) is 10.1 Å². The zero-order valence-corrected chi connectivity index (χ0v) is 9.79. The largest absolute Gasteiger partial charge is 0.496 e. The van der Waals surface area contributed by atoms with Gasteiger partial charge in [0.2, 0.25) is 5.89 Å². The minimum absolute atomic E-state index is 0.104. The van der Waals surface area contributed by atoms with E-state index in [0.717, 1.165) is 11.3 Å². The summed E-state index contributed by atoms with van der Waals surface area (Å²) < 4.78 is 10.0. The molecule has 1 aromatic heterocycles. The van der Waals surface area contributed by atoms with Crippen LogP contribution in [0.15, 0.2) is 28.8 Å². The van der Waals surface area contributed by atoms with Crippen molar-refractivity contribution < 1.29 is 19.2 Å². The highest BCUT2D eigenvalue weighted by Crippen LogP contribution is 2.19. The number of benzene rings is 1. The number of para-hydroxylation sites is 1. The lowest BCUT2D eigenvalue weighted by Crippen LogP contribution is -2.00. The molecule has 0 bridgehead atoms. The standard InChI is InChI=1S/C12H12N2O4/c1-17-9-5-3-2-4-8(9)6-10-13-11(18-14-10)7-12(15)16/h2-5H,6-7H2,1H3,(H,15,16). The summed E-state index contributed by atoms with van der Waals surface area (Å²) in [6.45, 7) is 0. The fourth-order valence-corrected chi connectivity index (χ4v) is 1.58. The van der Waals surface area contributed by atoms with E-state index in [0.29, 0.717) is 12.2 Å². The number of hydrogen-bond donors (Lipinski definition) is 1. The van der Waals surface area contributed by atoms with Gasteiger partial charge in [-0.05, 0) is 6.07 Å². The van der Waals surface area contributed by atoms with Crippen LogP contribution in [0.3, 0.4) is 0 Å². The van der Waals surface area contributed by atoms with E-state index < -0.39 is 5.97 Å². The Bertz CT molecular complexity index is 551. The highest BCUT2D eigenvalue weighted by atomic mass is 16.5. The summed E-state index contributed by atoms with van der Waals surface area (Å²) in [7, 11) is 1.59. The van der Waals surface area contributed by atoms with Crippen molar-refractivity contribution in [1.29, 1.82) is 0 Å². The van der Waals surface area contributed by atoms with Crippen LogP contribution in [0.4, 0.5) is 0 Å². The molecule has 0 spiro atoms. The number of ether oxygens (including phenoxy) is 1. The van der Waals surface area contributed by atoms with Gasteiger partial charge < -0.3 is 14.4 Å². The van der Waals surface area contributed by atoms with Gasteiger partial charge in [0.15, 0.2) is 5.82 Å². The summed E-state index contributed by atoms with van der Waals surface area (Å²) in [6.07, 6.45) is 0.173. The Morgan fingerprint density at radius 2 is 2.22 bits per heavy atom. The molecule has 0 fully saturated rings. The van der Waals surface area contributed by atoms with Crippen molar-refractivity contribution >= 4 is 5.97 Å². The van der Waals surface area contributed by atoms with Gasteiger partial charge in [-0.25, -0.2) is 0 Å². The third kappa shape index (κ3) is 2.85. The second kappa shape index (κ2) is 5.31. The molecule has 6 nitrogen and oxygen atoms in total. The number of carboxylic acids is 1. The van der Waals surface area contributed by atoms with Gasteiger partial charge in [-0.2, -0.15) is 4.98 Å². The van der Waals surface area contributed by atoms with Crippen molar-refractivity contribution in [3.05, 3.63) is 41.5 Å². The Balaban J connectivity index is 2.13. The fraction of sp³-hybridized carbons (Fsp3) is 0.250. The molecule has 0 amide bonds. The second-order valence-corrected chi connectivity index (χ2v) is 3.66. The van der Waals surface area contributed by atoms with E-state index in [4.69, 9.17) is 14.4 Å². The highest BCUT2D eigenvalue weighted by molar-refractivity contribution is 5.68. The predicted molar refractivity (Wildman–Crippen MR) is 61.4 cm³/mol. The zero-order chi connectivity index (χ0) is 13.0. The Hall–Kier alpha value is -2.37. The van der Waals surface area contributed by atoms with Crippen LogP contribution >= 0.6 is 0 Å². The Morgan fingerprint density at radius 1 is 1.44 bits per heavy atom. The first-order chi connectivity index (χ1) is 8.69. The third-order valence-electron chi connectivity index (χ3n) is 2.35. The van der Waals surface area contributed by atoms with Crippen molar-refractivity contribution in [3.63, 3.8) is 0 Å². The molecule has 0 aliphatic rings. The first-order valence-electron chi connectivity index (χ1n) is 5.34. The third-order valence-corrected chi connectivity index (χ3v) is 2.35. The van der Waals surface area contributed by atoms with Crippen LogP contribution in [0.2, 0.25) is 0 Å². The molecule has 0 saturated carbocycles. The number of rotatable bonds is 5. The zero-order valence-electron chi connectivity index (χ0n) is 9.79. The van der Waals surface area contributed by atoms with Crippen molar-refractivity contribution in [2.75, 3.05) is 7.11 Å². The molecular weight excluding hydrogens is 236 g/mol. The van der Waals surface area contributed by atoms with E-state index >= 15 is 0 Å². The molecule has 2 rings (SSSR count). The van der Waals surface area contributed by atoms with Gasteiger partial charge in [0.25, 0.3) is 0 Å². The summed E-state index contributed by atoms with van der Waals surface area (Å²) >= 11 is 0. The lowest BCUT2D eigenvalue weighted by atomic mass is 10.1. The predicted octanol–water partition coefficient (Wildman–Crippen LogP) is 1.30. The van der Waals surface area contributed by atoms with Gasteiger partial charge in [-0.15, -0.1) is 0 Å². The number of hydrogen-bond acceptors (Lipinski definition) is 5.